The second-order valence-electron chi connectivity index (χ2n) is 3.01. The highest BCUT2D eigenvalue weighted by molar-refractivity contribution is 5.72. The topological polar surface area (TPSA) is 83.6 Å². The van der Waals surface area contributed by atoms with E-state index in [4.69, 9.17) is 14.6 Å². The van der Waals surface area contributed by atoms with Crippen LogP contribution in [-0.4, -0.2) is 21.2 Å². The molecule has 1 atom stereocenters. The number of nitrogens with zero attached hydrogens (tertiary/aromatic N) is 1. The van der Waals surface area contributed by atoms with E-state index in [0.29, 0.717) is 5.69 Å². The van der Waals surface area contributed by atoms with Gasteiger partial charge in [0.15, 0.2) is 0 Å². The number of hydrogen-bond acceptors (Lipinski definition) is 4. The van der Waals surface area contributed by atoms with Crippen molar-refractivity contribution in [3.05, 3.63) is 17.8 Å². The van der Waals surface area contributed by atoms with E-state index >= 15 is 0 Å². The summed E-state index contributed by atoms with van der Waals surface area (Å²) < 4.78 is 4.81. The van der Waals surface area contributed by atoms with Crippen LogP contribution in [0.25, 0.3) is 0 Å². The normalized spacial score (nSPS) is 13.2. The molecule has 1 rings (SSSR count). The fraction of sp³-hybridized carbons (Fsp3) is 0.500. The van der Waals surface area contributed by atoms with E-state index in [1.165, 1.54) is 6.26 Å². The zero-order valence-corrected chi connectivity index (χ0v) is 7.39. The smallest absolute Gasteiger partial charge is 0.342 e. The van der Waals surface area contributed by atoms with Gasteiger partial charge in [0.1, 0.15) is 6.26 Å². The molecule has 0 spiro atoms. The molecule has 0 amide bonds. The van der Waals surface area contributed by atoms with E-state index in [1.807, 2.05) is 13.8 Å². The van der Waals surface area contributed by atoms with Gasteiger partial charge in [0.25, 0.3) is 0 Å². The number of rotatable bonds is 3. The summed E-state index contributed by atoms with van der Waals surface area (Å²) in [5.74, 6) is -1.38. The first-order valence-corrected chi connectivity index (χ1v) is 3.88. The number of hydrogen-bond donors (Lipinski definition) is 2. The van der Waals surface area contributed by atoms with Crippen molar-refractivity contribution in [3.63, 3.8) is 0 Å². The number of oxazole rings is 1. The van der Waals surface area contributed by atoms with Gasteiger partial charge in [-0.15, -0.1) is 0 Å². The number of carboxylic acids is 1. The summed E-state index contributed by atoms with van der Waals surface area (Å²) >= 11 is 0. The Morgan fingerprint density at radius 3 is 2.62 bits per heavy atom. The lowest BCUT2D eigenvalue weighted by Crippen LogP contribution is -2.10. The van der Waals surface area contributed by atoms with Crippen LogP contribution in [0.1, 0.15) is 37.5 Å². The Labute approximate surface area is 75.0 Å². The first kappa shape index (κ1) is 9.73. The molecule has 5 nitrogen and oxygen atoms in total. The predicted octanol–water partition coefficient (Wildman–Crippen LogP) is 0.916. The minimum Gasteiger partial charge on any atom is -0.479 e. The average molecular weight is 185 g/mol. The molecule has 1 unspecified atom stereocenters. The van der Waals surface area contributed by atoms with Crippen molar-refractivity contribution < 1.29 is 19.4 Å². The van der Waals surface area contributed by atoms with Gasteiger partial charge in [0, 0.05) is 0 Å². The molecule has 1 heterocycles. The number of aliphatic hydroxyl groups excluding tert-OH is 1. The van der Waals surface area contributed by atoms with Crippen LogP contribution in [0.3, 0.4) is 0 Å². The predicted molar refractivity (Wildman–Crippen MR) is 43.2 cm³/mol. The Morgan fingerprint density at radius 2 is 2.23 bits per heavy atom. The maximum atomic E-state index is 10.3. The summed E-state index contributed by atoms with van der Waals surface area (Å²) in [6, 6.07) is 0. The quantitative estimate of drug-likeness (QED) is 0.731. The van der Waals surface area contributed by atoms with Crippen molar-refractivity contribution in [1.29, 1.82) is 0 Å². The van der Waals surface area contributed by atoms with Crippen molar-refractivity contribution in [3.8, 4) is 0 Å². The average Bonchev–Trinajstić information content (AvgIpc) is 2.50. The van der Waals surface area contributed by atoms with Crippen LogP contribution < -0.4 is 0 Å². The van der Waals surface area contributed by atoms with E-state index in [0.717, 1.165) is 0 Å². The lowest BCUT2D eigenvalue weighted by molar-refractivity contribution is -0.148. The molecule has 0 aliphatic carbocycles. The Morgan fingerprint density at radius 1 is 1.62 bits per heavy atom. The van der Waals surface area contributed by atoms with Gasteiger partial charge in [-0.25, -0.2) is 9.78 Å². The first-order valence-electron chi connectivity index (χ1n) is 3.88. The van der Waals surface area contributed by atoms with Gasteiger partial charge in [0.2, 0.25) is 12.0 Å². The zero-order valence-electron chi connectivity index (χ0n) is 7.39. The van der Waals surface area contributed by atoms with Gasteiger partial charge in [-0.05, 0) is 5.92 Å². The number of aromatic nitrogens is 1. The first-order chi connectivity index (χ1) is 6.02. The van der Waals surface area contributed by atoms with Crippen LogP contribution in [0.15, 0.2) is 10.7 Å². The van der Waals surface area contributed by atoms with Crippen LogP contribution >= 0.6 is 0 Å². The van der Waals surface area contributed by atoms with Crippen molar-refractivity contribution in [1.82, 2.24) is 4.98 Å². The molecular weight excluding hydrogens is 174 g/mol. The Balaban J connectivity index is 2.85. The Kier molecular flexibility index (Phi) is 2.67. The monoisotopic (exact) mass is 185 g/mol. The fourth-order valence-electron chi connectivity index (χ4n) is 0.797. The van der Waals surface area contributed by atoms with E-state index in [2.05, 4.69) is 4.98 Å². The lowest BCUT2D eigenvalue weighted by atomic mass is 10.2. The highest BCUT2D eigenvalue weighted by atomic mass is 16.4. The number of carboxylic acid groups (broad SMARTS) is 1. The molecular formula is C8H11NO4. The standard InChI is InChI=1S/C8H11NO4/c1-4(2)5-3-13-7(9-5)6(10)8(11)12/h3-4,6,10H,1-2H3,(H,11,12). The summed E-state index contributed by atoms with van der Waals surface area (Å²) in [6.45, 7) is 3.80. The molecule has 0 aliphatic rings. The van der Waals surface area contributed by atoms with Crippen LogP contribution in [0.5, 0.6) is 0 Å². The maximum absolute atomic E-state index is 10.3. The number of carbonyl (C=O) groups is 1. The number of aliphatic carboxylic acids is 1. The SMILES string of the molecule is CC(C)c1coc(C(O)C(=O)O)n1. The Bertz CT molecular complexity index is 305. The van der Waals surface area contributed by atoms with Crippen molar-refractivity contribution in [2.75, 3.05) is 0 Å². The van der Waals surface area contributed by atoms with Gasteiger partial charge in [0.05, 0.1) is 5.69 Å². The third kappa shape index (κ3) is 2.06. The molecule has 0 aliphatic heterocycles. The molecule has 72 valence electrons. The zero-order chi connectivity index (χ0) is 10.0. The molecule has 13 heavy (non-hydrogen) atoms. The van der Waals surface area contributed by atoms with Crippen LogP contribution in [0.4, 0.5) is 0 Å². The molecule has 0 aromatic carbocycles. The number of aliphatic hydroxyl groups is 1. The van der Waals surface area contributed by atoms with Gasteiger partial charge >= 0.3 is 5.97 Å². The van der Waals surface area contributed by atoms with Crippen LogP contribution in [0, 0.1) is 0 Å². The molecule has 1 aromatic rings. The van der Waals surface area contributed by atoms with E-state index < -0.39 is 12.1 Å². The third-order valence-electron chi connectivity index (χ3n) is 1.60. The largest absolute Gasteiger partial charge is 0.479 e. The summed E-state index contributed by atoms with van der Waals surface area (Å²) in [7, 11) is 0. The second-order valence-corrected chi connectivity index (χ2v) is 3.01. The van der Waals surface area contributed by atoms with Crippen molar-refractivity contribution >= 4 is 5.97 Å². The highest BCUT2D eigenvalue weighted by Crippen LogP contribution is 2.17. The minimum atomic E-state index is -1.67. The summed E-state index contributed by atoms with van der Waals surface area (Å²) in [4.78, 5) is 14.2. The molecule has 0 radical (unpaired) electrons. The summed E-state index contributed by atoms with van der Waals surface area (Å²) in [5, 5.41) is 17.5. The Hall–Kier alpha value is -1.36. The van der Waals surface area contributed by atoms with Gasteiger partial charge in [-0.2, -0.15) is 0 Å². The molecule has 1 aromatic heterocycles. The van der Waals surface area contributed by atoms with Crippen molar-refractivity contribution in [2.24, 2.45) is 0 Å². The third-order valence-corrected chi connectivity index (χ3v) is 1.60. The van der Waals surface area contributed by atoms with Crippen LogP contribution in [0.2, 0.25) is 0 Å². The molecule has 2 N–H and O–H groups in total. The van der Waals surface area contributed by atoms with Crippen molar-refractivity contribution in [2.45, 2.75) is 25.9 Å². The van der Waals surface area contributed by atoms with Gasteiger partial charge in [-0.1, -0.05) is 13.8 Å². The fourth-order valence-corrected chi connectivity index (χ4v) is 0.797. The molecule has 0 saturated carbocycles. The van der Waals surface area contributed by atoms with Gasteiger partial charge in [-0.3, -0.25) is 0 Å². The molecule has 5 heteroatoms. The molecule has 0 bridgehead atoms. The van der Waals surface area contributed by atoms with Crippen LogP contribution in [-0.2, 0) is 4.79 Å². The molecule has 0 fully saturated rings. The van der Waals surface area contributed by atoms with Gasteiger partial charge < -0.3 is 14.6 Å². The van der Waals surface area contributed by atoms with E-state index in [9.17, 15) is 4.79 Å². The molecule has 0 saturated heterocycles. The van der Waals surface area contributed by atoms with E-state index in [1.54, 1.807) is 0 Å². The lowest BCUT2D eigenvalue weighted by Gasteiger charge is -1.98. The maximum Gasteiger partial charge on any atom is 0.342 e. The minimum absolute atomic E-state index is 0.151. The summed E-state index contributed by atoms with van der Waals surface area (Å²) in [5.41, 5.74) is 0.635. The second kappa shape index (κ2) is 3.57. The summed E-state index contributed by atoms with van der Waals surface area (Å²) in [6.07, 6.45) is -0.320. The highest BCUT2D eigenvalue weighted by Gasteiger charge is 2.22. The van der Waals surface area contributed by atoms with E-state index in [-0.39, 0.29) is 11.8 Å².